The Morgan fingerprint density at radius 1 is 0.955 bits per heavy atom. The molecule has 4 aliphatic rings. The molecule has 1 nitrogen and oxygen atoms in total. The molecule has 0 N–H and O–H groups in total. The summed E-state index contributed by atoms with van der Waals surface area (Å²) in [6, 6.07) is 0. The molecule has 4 fully saturated rings. The molecule has 0 aromatic rings. The Morgan fingerprint density at radius 3 is 2.50 bits per heavy atom. The van der Waals surface area contributed by atoms with Crippen molar-refractivity contribution in [2.75, 3.05) is 0 Å². The number of carbonyl (C=O) groups excluding carboxylic acids is 1. The van der Waals surface area contributed by atoms with Gasteiger partial charge in [-0.15, -0.1) is 0 Å². The Hall–Kier alpha value is -0.330. The molecule has 1 unspecified atom stereocenters. The Kier molecular flexibility index (Phi) is 3.51. The van der Waals surface area contributed by atoms with Crippen LogP contribution in [0.15, 0.2) is 0 Å². The average Bonchev–Trinajstić information content (AvgIpc) is 2.84. The van der Waals surface area contributed by atoms with E-state index in [1.807, 2.05) is 0 Å². The summed E-state index contributed by atoms with van der Waals surface area (Å²) in [6.07, 6.45) is 13.0. The first-order valence-corrected chi connectivity index (χ1v) is 10.0. The first-order valence-electron chi connectivity index (χ1n) is 10.0. The highest BCUT2D eigenvalue weighted by Gasteiger charge is 2.59. The van der Waals surface area contributed by atoms with E-state index in [-0.39, 0.29) is 0 Å². The summed E-state index contributed by atoms with van der Waals surface area (Å²) in [5.41, 5.74) is 1.13. The van der Waals surface area contributed by atoms with E-state index in [1.165, 1.54) is 51.4 Å². The first kappa shape index (κ1) is 15.2. The van der Waals surface area contributed by atoms with Crippen LogP contribution in [-0.2, 0) is 4.79 Å². The van der Waals surface area contributed by atoms with E-state index >= 15 is 0 Å². The zero-order valence-corrected chi connectivity index (χ0v) is 14.9. The Morgan fingerprint density at radius 2 is 1.73 bits per heavy atom. The fraction of sp³-hybridized carbons (Fsp3) is 0.952. The second kappa shape index (κ2) is 5.08. The first-order chi connectivity index (χ1) is 10.5. The van der Waals surface area contributed by atoms with E-state index in [9.17, 15) is 4.79 Å². The number of ketones is 1. The molecule has 4 saturated carbocycles. The van der Waals surface area contributed by atoms with Crippen LogP contribution in [0, 0.1) is 40.4 Å². The van der Waals surface area contributed by atoms with Gasteiger partial charge in [-0.2, -0.15) is 0 Å². The van der Waals surface area contributed by atoms with E-state index in [0.29, 0.717) is 22.5 Å². The molecule has 4 rings (SSSR count). The molecule has 0 radical (unpaired) electrons. The molecular formula is C21H34O. The molecule has 124 valence electrons. The minimum Gasteiger partial charge on any atom is -0.300 e. The van der Waals surface area contributed by atoms with E-state index in [4.69, 9.17) is 0 Å². The van der Waals surface area contributed by atoms with Crippen LogP contribution >= 0.6 is 0 Å². The van der Waals surface area contributed by atoms with Gasteiger partial charge in [0.25, 0.3) is 0 Å². The van der Waals surface area contributed by atoms with Gasteiger partial charge < -0.3 is 0 Å². The monoisotopic (exact) mass is 302 g/mol. The summed E-state index contributed by atoms with van der Waals surface area (Å²) in [5, 5.41) is 0. The van der Waals surface area contributed by atoms with E-state index in [2.05, 4.69) is 20.8 Å². The van der Waals surface area contributed by atoms with Crippen molar-refractivity contribution in [1.82, 2.24) is 0 Å². The fourth-order valence-electron chi connectivity index (χ4n) is 7.82. The summed E-state index contributed by atoms with van der Waals surface area (Å²) in [6.45, 7) is 7.61. The van der Waals surface area contributed by atoms with Crippen LogP contribution in [0.25, 0.3) is 0 Å². The van der Waals surface area contributed by atoms with Crippen molar-refractivity contribution in [3.8, 4) is 0 Å². The standard InChI is InChI=1S/C21H34O/c1-4-14-6-8-18-17-7-5-15-13-16(22)9-11-21(15,3)19(17)10-12-20(14,18)2/h14-15,17-19H,4-13H2,1-3H3/t14-,15?,17-,18-,19-,20+,21-/m0/s1. The Balaban J connectivity index is 1.62. The third-order valence-corrected chi connectivity index (χ3v) is 9.17. The van der Waals surface area contributed by atoms with Crippen LogP contribution in [-0.4, -0.2) is 5.78 Å². The molecular weight excluding hydrogens is 268 g/mol. The van der Waals surface area contributed by atoms with Crippen LogP contribution in [0.4, 0.5) is 0 Å². The number of fused-ring (bicyclic) bond motifs is 5. The Bertz CT molecular complexity index is 469. The molecule has 0 heterocycles. The maximum atomic E-state index is 11.9. The molecule has 0 amide bonds. The summed E-state index contributed by atoms with van der Waals surface area (Å²) in [7, 11) is 0. The summed E-state index contributed by atoms with van der Waals surface area (Å²) in [4.78, 5) is 11.9. The third-order valence-electron chi connectivity index (χ3n) is 9.17. The van der Waals surface area contributed by atoms with E-state index in [0.717, 1.165) is 36.5 Å². The quantitative estimate of drug-likeness (QED) is 0.614. The third kappa shape index (κ3) is 1.93. The van der Waals surface area contributed by atoms with E-state index < -0.39 is 0 Å². The van der Waals surface area contributed by atoms with Crippen LogP contribution in [0.1, 0.15) is 85.0 Å². The van der Waals surface area contributed by atoms with Gasteiger partial charge >= 0.3 is 0 Å². The minimum atomic E-state index is 0.489. The molecule has 0 aromatic carbocycles. The van der Waals surface area contributed by atoms with Crippen molar-refractivity contribution in [2.24, 2.45) is 40.4 Å². The molecule has 7 atom stereocenters. The van der Waals surface area contributed by atoms with Crippen LogP contribution in [0.3, 0.4) is 0 Å². The van der Waals surface area contributed by atoms with Crippen molar-refractivity contribution in [3.63, 3.8) is 0 Å². The second-order valence-electron chi connectivity index (χ2n) is 9.63. The molecule has 1 heteroatoms. The van der Waals surface area contributed by atoms with Gasteiger partial charge in [-0.25, -0.2) is 0 Å². The van der Waals surface area contributed by atoms with Crippen LogP contribution in [0.2, 0.25) is 0 Å². The van der Waals surface area contributed by atoms with Gasteiger partial charge in [-0.1, -0.05) is 27.2 Å². The number of hydrogen-bond acceptors (Lipinski definition) is 1. The molecule has 0 aromatic heterocycles. The topological polar surface area (TPSA) is 17.1 Å². The van der Waals surface area contributed by atoms with E-state index in [1.54, 1.807) is 0 Å². The van der Waals surface area contributed by atoms with Crippen LogP contribution in [0.5, 0.6) is 0 Å². The van der Waals surface area contributed by atoms with Gasteiger partial charge in [0.15, 0.2) is 0 Å². The predicted octanol–water partition coefficient (Wildman–Crippen LogP) is 5.62. The summed E-state index contributed by atoms with van der Waals surface area (Å²) < 4.78 is 0. The van der Waals surface area contributed by atoms with Crippen molar-refractivity contribution >= 4 is 5.78 Å². The van der Waals surface area contributed by atoms with Gasteiger partial charge in [-0.05, 0) is 85.4 Å². The number of carbonyl (C=O) groups is 1. The van der Waals surface area contributed by atoms with Gasteiger partial charge in [-0.3, -0.25) is 4.79 Å². The van der Waals surface area contributed by atoms with Crippen molar-refractivity contribution in [3.05, 3.63) is 0 Å². The van der Waals surface area contributed by atoms with Gasteiger partial charge in [0.2, 0.25) is 0 Å². The van der Waals surface area contributed by atoms with Crippen molar-refractivity contribution < 1.29 is 4.79 Å². The van der Waals surface area contributed by atoms with Crippen molar-refractivity contribution in [2.45, 2.75) is 85.0 Å². The molecule has 0 saturated heterocycles. The smallest absolute Gasteiger partial charge is 0.133 e. The number of hydrogen-bond donors (Lipinski definition) is 0. The fourth-order valence-corrected chi connectivity index (χ4v) is 7.82. The lowest BCUT2D eigenvalue weighted by Crippen LogP contribution is -2.53. The Labute approximate surface area is 136 Å². The molecule has 0 spiro atoms. The van der Waals surface area contributed by atoms with Gasteiger partial charge in [0.1, 0.15) is 5.78 Å². The molecule has 22 heavy (non-hydrogen) atoms. The lowest BCUT2D eigenvalue weighted by atomic mass is 9.45. The zero-order chi connectivity index (χ0) is 15.5. The minimum absolute atomic E-state index is 0.489. The maximum Gasteiger partial charge on any atom is 0.133 e. The largest absolute Gasteiger partial charge is 0.300 e. The van der Waals surface area contributed by atoms with Gasteiger partial charge in [0, 0.05) is 12.8 Å². The molecule has 0 bridgehead atoms. The second-order valence-corrected chi connectivity index (χ2v) is 9.63. The lowest BCUT2D eigenvalue weighted by Gasteiger charge is -2.60. The predicted molar refractivity (Wildman–Crippen MR) is 90.5 cm³/mol. The average molecular weight is 303 g/mol. The SMILES string of the molecule is CC[C@H]1CC[C@H]2[C@@H]3CCC4CC(=O)CC[C@]4(C)[C@H]3CC[C@]12C. The zero-order valence-electron chi connectivity index (χ0n) is 14.9. The molecule has 4 aliphatic carbocycles. The summed E-state index contributed by atoms with van der Waals surface area (Å²) in [5.74, 6) is 5.14. The number of rotatable bonds is 1. The highest BCUT2D eigenvalue weighted by molar-refractivity contribution is 5.79. The summed E-state index contributed by atoms with van der Waals surface area (Å²) >= 11 is 0. The van der Waals surface area contributed by atoms with Crippen LogP contribution < -0.4 is 0 Å². The number of Topliss-reactive ketones (excluding diaryl/α,β-unsaturated/α-hetero) is 1. The van der Waals surface area contributed by atoms with Crippen molar-refractivity contribution in [1.29, 1.82) is 0 Å². The lowest BCUT2D eigenvalue weighted by molar-refractivity contribution is -0.139. The highest BCUT2D eigenvalue weighted by Crippen LogP contribution is 2.67. The maximum absolute atomic E-state index is 11.9. The molecule has 0 aliphatic heterocycles. The highest BCUT2D eigenvalue weighted by atomic mass is 16.1. The normalized spacial score (nSPS) is 54.5. The van der Waals surface area contributed by atoms with Gasteiger partial charge in [0.05, 0.1) is 0 Å².